The monoisotopic (exact) mass is 463 g/mol. The highest BCUT2D eigenvalue weighted by atomic mass is 19.4. The topological polar surface area (TPSA) is 121 Å². The molecule has 3 N–H and O–H groups in total. The molecule has 0 spiro atoms. The molecule has 11 heteroatoms. The number of carboxylic acids is 1. The standard InChI is InChI=1S/C20H23N5O.C2HF3O2/c1-12-13(2)24-18(23-12)17-9-14(6-7-22-17)15-8-16(11-21-10-15)19(26)25-20(3,4)5;3-2(4,5)1(6)7/h6-11H,1-5H3,(H,23,24)(H,25,26);(H,6,7). The van der Waals surface area contributed by atoms with Gasteiger partial charge in [0.1, 0.15) is 5.69 Å². The number of pyridine rings is 2. The second-order valence-corrected chi connectivity index (χ2v) is 8.19. The third-order valence-electron chi connectivity index (χ3n) is 4.20. The van der Waals surface area contributed by atoms with Gasteiger partial charge in [-0.15, -0.1) is 0 Å². The first-order valence-corrected chi connectivity index (χ1v) is 9.75. The Balaban J connectivity index is 0.000000479. The number of carbonyl (C=O) groups excluding carboxylic acids is 1. The van der Waals surface area contributed by atoms with Crippen LogP contribution in [-0.2, 0) is 4.79 Å². The van der Waals surface area contributed by atoms with E-state index < -0.39 is 12.1 Å². The van der Waals surface area contributed by atoms with E-state index in [2.05, 4.69) is 25.3 Å². The van der Waals surface area contributed by atoms with E-state index in [0.29, 0.717) is 5.56 Å². The molecule has 3 aromatic rings. The molecule has 8 nitrogen and oxygen atoms in total. The quantitative estimate of drug-likeness (QED) is 0.532. The SMILES string of the molecule is Cc1nc(-c2cc(-c3cncc(C(=O)NC(C)(C)C)c3)ccn2)[nH]c1C.O=C(O)C(F)(F)F. The first kappa shape index (κ1) is 25.5. The summed E-state index contributed by atoms with van der Waals surface area (Å²) >= 11 is 0. The van der Waals surface area contributed by atoms with Crippen molar-refractivity contribution in [1.29, 1.82) is 0 Å². The molecule has 176 valence electrons. The zero-order valence-corrected chi connectivity index (χ0v) is 18.7. The third kappa shape index (κ3) is 7.41. The molecule has 0 aliphatic heterocycles. The van der Waals surface area contributed by atoms with E-state index in [9.17, 15) is 18.0 Å². The Bertz CT molecular complexity index is 1130. The number of alkyl halides is 3. The summed E-state index contributed by atoms with van der Waals surface area (Å²) in [6, 6.07) is 5.68. The lowest BCUT2D eigenvalue weighted by molar-refractivity contribution is -0.192. The smallest absolute Gasteiger partial charge is 0.475 e. The Labute approximate surface area is 188 Å². The minimum atomic E-state index is -5.08. The maximum atomic E-state index is 12.4. The number of hydrogen-bond acceptors (Lipinski definition) is 5. The highest BCUT2D eigenvalue weighted by molar-refractivity contribution is 5.95. The van der Waals surface area contributed by atoms with Crippen LogP contribution >= 0.6 is 0 Å². The number of amides is 1. The van der Waals surface area contributed by atoms with Crippen molar-refractivity contribution < 1.29 is 27.9 Å². The van der Waals surface area contributed by atoms with Gasteiger partial charge in [-0.05, 0) is 58.4 Å². The van der Waals surface area contributed by atoms with Crippen LogP contribution in [0.15, 0.2) is 36.8 Å². The largest absolute Gasteiger partial charge is 0.490 e. The zero-order valence-electron chi connectivity index (χ0n) is 18.7. The molecule has 0 atom stereocenters. The van der Waals surface area contributed by atoms with Gasteiger partial charge >= 0.3 is 12.1 Å². The van der Waals surface area contributed by atoms with E-state index in [1.165, 1.54) is 0 Å². The average Bonchev–Trinajstić information content (AvgIpc) is 3.05. The minimum Gasteiger partial charge on any atom is -0.475 e. The molecule has 0 aliphatic rings. The normalized spacial score (nSPS) is 11.4. The number of aryl methyl sites for hydroxylation is 2. The number of imidazole rings is 1. The van der Waals surface area contributed by atoms with Gasteiger partial charge in [-0.1, -0.05) is 0 Å². The van der Waals surface area contributed by atoms with Gasteiger partial charge in [-0.25, -0.2) is 9.78 Å². The van der Waals surface area contributed by atoms with Crippen LogP contribution in [0.2, 0.25) is 0 Å². The first-order valence-electron chi connectivity index (χ1n) is 9.75. The molecule has 0 saturated heterocycles. The molecule has 0 bridgehead atoms. The van der Waals surface area contributed by atoms with Gasteiger partial charge in [0.25, 0.3) is 5.91 Å². The second-order valence-electron chi connectivity index (χ2n) is 8.19. The van der Waals surface area contributed by atoms with Crippen LogP contribution in [0.1, 0.15) is 42.5 Å². The van der Waals surface area contributed by atoms with Gasteiger partial charge in [-0.2, -0.15) is 13.2 Å². The zero-order chi connectivity index (χ0) is 25.0. The molecule has 3 heterocycles. The van der Waals surface area contributed by atoms with E-state index in [4.69, 9.17) is 9.90 Å². The van der Waals surface area contributed by atoms with Gasteiger partial charge in [0.05, 0.1) is 11.3 Å². The van der Waals surface area contributed by atoms with Crippen LogP contribution in [0.25, 0.3) is 22.6 Å². The van der Waals surface area contributed by atoms with Crippen LogP contribution in [0.4, 0.5) is 13.2 Å². The van der Waals surface area contributed by atoms with Crippen molar-refractivity contribution in [2.45, 2.75) is 46.3 Å². The van der Waals surface area contributed by atoms with Gasteiger partial charge in [0.15, 0.2) is 5.82 Å². The first-order chi connectivity index (χ1) is 15.2. The molecule has 0 radical (unpaired) electrons. The van der Waals surface area contributed by atoms with E-state index in [-0.39, 0.29) is 11.4 Å². The second kappa shape index (κ2) is 9.80. The highest BCUT2D eigenvalue weighted by Gasteiger charge is 2.38. The number of nitrogens with zero attached hydrogens (tertiary/aromatic N) is 3. The van der Waals surface area contributed by atoms with E-state index in [0.717, 1.165) is 34.0 Å². The maximum absolute atomic E-state index is 12.4. The lowest BCUT2D eigenvalue weighted by Gasteiger charge is -2.20. The lowest BCUT2D eigenvalue weighted by atomic mass is 10.0. The van der Waals surface area contributed by atoms with Crippen molar-refractivity contribution in [3.8, 4) is 22.6 Å². The number of rotatable bonds is 3. The van der Waals surface area contributed by atoms with Gasteiger partial charge in [0.2, 0.25) is 0 Å². The van der Waals surface area contributed by atoms with E-state index in [1.54, 1.807) is 18.6 Å². The number of carbonyl (C=O) groups is 2. The number of aliphatic carboxylic acids is 1. The van der Waals surface area contributed by atoms with E-state index >= 15 is 0 Å². The number of nitrogens with one attached hydrogen (secondary N) is 2. The highest BCUT2D eigenvalue weighted by Crippen LogP contribution is 2.24. The number of H-pyrrole nitrogens is 1. The summed E-state index contributed by atoms with van der Waals surface area (Å²) in [5.41, 5.74) is 4.74. The van der Waals surface area contributed by atoms with Crippen LogP contribution in [-0.4, -0.2) is 48.6 Å². The molecular formula is C22H24F3N5O3. The molecule has 33 heavy (non-hydrogen) atoms. The lowest BCUT2D eigenvalue weighted by Crippen LogP contribution is -2.40. The predicted molar refractivity (Wildman–Crippen MR) is 115 cm³/mol. The molecule has 0 saturated carbocycles. The van der Waals surface area contributed by atoms with Crippen LogP contribution in [0, 0.1) is 13.8 Å². The van der Waals surface area contributed by atoms with Crippen molar-refractivity contribution >= 4 is 11.9 Å². The van der Waals surface area contributed by atoms with Gasteiger partial charge < -0.3 is 15.4 Å². The molecule has 3 rings (SSSR count). The van der Waals surface area contributed by atoms with Crippen LogP contribution < -0.4 is 5.32 Å². The van der Waals surface area contributed by atoms with Crippen molar-refractivity contribution in [2.24, 2.45) is 0 Å². The molecule has 0 aromatic carbocycles. The number of halogens is 3. The Morgan fingerprint density at radius 1 is 1.06 bits per heavy atom. The Hall–Kier alpha value is -3.76. The summed E-state index contributed by atoms with van der Waals surface area (Å²) in [5.74, 6) is -2.16. The van der Waals surface area contributed by atoms with Crippen molar-refractivity contribution in [3.05, 3.63) is 53.7 Å². The third-order valence-corrected chi connectivity index (χ3v) is 4.20. The van der Waals surface area contributed by atoms with Crippen LogP contribution in [0.5, 0.6) is 0 Å². The van der Waals surface area contributed by atoms with E-state index in [1.807, 2.05) is 52.8 Å². The fourth-order valence-electron chi connectivity index (χ4n) is 2.54. The number of carboxylic acid groups (broad SMARTS) is 1. The van der Waals surface area contributed by atoms with Crippen molar-refractivity contribution in [2.75, 3.05) is 0 Å². The number of aromatic amines is 1. The Morgan fingerprint density at radius 2 is 1.70 bits per heavy atom. The summed E-state index contributed by atoms with van der Waals surface area (Å²) in [7, 11) is 0. The van der Waals surface area contributed by atoms with Crippen LogP contribution in [0.3, 0.4) is 0 Å². The van der Waals surface area contributed by atoms with Gasteiger partial charge in [-0.3, -0.25) is 14.8 Å². The fourth-order valence-corrected chi connectivity index (χ4v) is 2.54. The summed E-state index contributed by atoms with van der Waals surface area (Å²) in [6.45, 7) is 9.79. The molecule has 0 aliphatic carbocycles. The predicted octanol–water partition coefficient (Wildman–Crippen LogP) is 4.31. The van der Waals surface area contributed by atoms with Crippen molar-refractivity contribution in [3.63, 3.8) is 0 Å². The maximum Gasteiger partial charge on any atom is 0.490 e. The Morgan fingerprint density at radius 3 is 2.21 bits per heavy atom. The Kier molecular flexibility index (Phi) is 7.57. The number of hydrogen-bond donors (Lipinski definition) is 3. The summed E-state index contributed by atoms with van der Waals surface area (Å²) in [6.07, 6.45) is -0.0305. The fraction of sp³-hybridized carbons (Fsp3) is 0.318. The molecule has 3 aromatic heterocycles. The average molecular weight is 463 g/mol. The number of aromatic nitrogens is 4. The van der Waals surface area contributed by atoms with Gasteiger partial charge in [0, 0.05) is 35.4 Å². The molecule has 0 fully saturated rings. The summed E-state index contributed by atoms with van der Waals surface area (Å²) < 4.78 is 31.7. The molecule has 1 amide bonds. The minimum absolute atomic E-state index is 0.140. The molecular weight excluding hydrogens is 439 g/mol. The summed E-state index contributed by atoms with van der Waals surface area (Å²) in [4.78, 5) is 37.7. The van der Waals surface area contributed by atoms with Crippen molar-refractivity contribution in [1.82, 2.24) is 25.3 Å². The summed E-state index contributed by atoms with van der Waals surface area (Å²) in [5, 5.41) is 10.1. The molecule has 0 unspecified atom stereocenters.